The van der Waals surface area contributed by atoms with Crippen LogP contribution in [0.1, 0.15) is 38.3 Å². The van der Waals surface area contributed by atoms with Gasteiger partial charge >= 0.3 is 0 Å². The van der Waals surface area contributed by atoms with Crippen molar-refractivity contribution in [2.75, 3.05) is 25.5 Å². The Bertz CT molecular complexity index is 387. The molecule has 0 bridgehead atoms. The second-order valence-corrected chi connectivity index (χ2v) is 5.53. The van der Waals surface area contributed by atoms with E-state index in [0.29, 0.717) is 6.54 Å². The maximum Gasteiger partial charge on any atom is 0.144 e. The number of aromatic nitrogens is 2. The molecule has 19 heavy (non-hydrogen) atoms. The van der Waals surface area contributed by atoms with Crippen molar-refractivity contribution in [3.63, 3.8) is 0 Å². The van der Waals surface area contributed by atoms with Gasteiger partial charge in [-0.05, 0) is 26.8 Å². The molecule has 1 aromatic heterocycles. The Balaban J connectivity index is 1.86. The molecule has 0 amide bonds. The summed E-state index contributed by atoms with van der Waals surface area (Å²) in [5.74, 6) is 0.809. The summed E-state index contributed by atoms with van der Waals surface area (Å²) >= 11 is 0. The van der Waals surface area contributed by atoms with Gasteiger partial charge in [0, 0.05) is 19.6 Å². The van der Waals surface area contributed by atoms with E-state index in [2.05, 4.69) is 20.2 Å². The predicted molar refractivity (Wildman–Crippen MR) is 75.9 cm³/mol. The number of anilines is 1. The van der Waals surface area contributed by atoms with Crippen molar-refractivity contribution < 1.29 is 5.11 Å². The normalized spacial score (nSPS) is 17.9. The first-order chi connectivity index (χ1) is 9.11. The maximum absolute atomic E-state index is 10.4. The summed E-state index contributed by atoms with van der Waals surface area (Å²) in [6.07, 6.45) is 7.68. The van der Waals surface area contributed by atoms with Gasteiger partial charge in [-0.15, -0.1) is 0 Å². The van der Waals surface area contributed by atoms with E-state index >= 15 is 0 Å². The topological polar surface area (TPSA) is 61.3 Å². The van der Waals surface area contributed by atoms with Crippen LogP contribution in [0.3, 0.4) is 0 Å². The third-order valence-electron chi connectivity index (χ3n) is 3.59. The number of hydrogen-bond donors (Lipinski definition) is 2. The van der Waals surface area contributed by atoms with Gasteiger partial charge in [0.1, 0.15) is 5.82 Å². The van der Waals surface area contributed by atoms with Crippen LogP contribution in [-0.4, -0.2) is 45.7 Å². The van der Waals surface area contributed by atoms with Crippen molar-refractivity contribution in [1.82, 2.24) is 14.9 Å². The number of nitrogens with zero attached hydrogens (tertiary/aromatic N) is 3. The maximum atomic E-state index is 10.4. The molecule has 0 radical (unpaired) electrons. The van der Waals surface area contributed by atoms with Crippen molar-refractivity contribution in [1.29, 1.82) is 0 Å². The van der Waals surface area contributed by atoms with Crippen molar-refractivity contribution in [3.8, 4) is 0 Å². The summed E-state index contributed by atoms with van der Waals surface area (Å²) < 4.78 is 0. The third-order valence-corrected chi connectivity index (χ3v) is 3.59. The minimum absolute atomic E-state index is 0.494. The molecule has 1 aromatic rings. The molecular formula is C14H24N4O. The fraction of sp³-hybridized carbons (Fsp3) is 0.714. The van der Waals surface area contributed by atoms with Crippen LogP contribution in [0.2, 0.25) is 0 Å². The molecule has 1 saturated carbocycles. The molecule has 1 aliphatic rings. The standard InChI is InChI=1S/C14H24N4O/c1-3-15-13-9-16-12(8-17-13)10-18(2)11-14(19)6-4-5-7-14/h8-9,19H,3-7,10-11H2,1-2H3,(H,15,17). The van der Waals surface area contributed by atoms with Crippen LogP contribution in [0.25, 0.3) is 0 Å². The SMILES string of the molecule is CCNc1cnc(CN(C)CC2(O)CCCC2)cn1. The first kappa shape index (κ1) is 14.2. The van der Waals surface area contributed by atoms with Gasteiger partial charge in [-0.1, -0.05) is 12.8 Å². The molecule has 0 unspecified atom stereocenters. The van der Waals surface area contributed by atoms with E-state index in [1.165, 1.54) is 0 Å². The molecule has 1 aliphatic carbocycles. The van der Waals surface area contributed by atoms with Gasteiger partial charge in [-0.2, -0.15) is 0 Å². The molecule has 5 heteroatoms. The van der Waals surface area contributed by atoms with Crippen molar-refractivity contribution >= 4 is 5.82 Å². The van der Waals surface area contributed by atoms with Crippen LogP contribution in [0, 0.1) is 0 Å². The van der Waals surface area contributed by atoms with E-state index in [0.717, 1.165) is 50.3 Å². The van der Waals surface area contributed by atoms with Gasteiger partial charge in [0.25, 0.3) is 0 Å². The molecule has 2 rings (SSSR count). The number of aliphatic hydroxyl groups is 1. The summed E-state index contributed by atoms with van der Waals surface area (Å²) in [4.78, 5) is 10.8. The highest BCUT2D eigenvalue weighted by atomic mass is 16.3. The second-order valence-electron chi connectivity index (χ2n) is 5.53. The van der Waals surface area contributed by atoms with E-state index in [-0.39, 0.29) is 0 Å². The van der Waals surface area contributed by atoms with Crippen LogP contribution in [0.4, 0.5) is 5.82 Å². The Morgan fingerprint density at radius 3 is 2.63 bits per heavy atom. The van der Waals surface area contributed by atoms with Crippen molar-refractivity contribution in [2.24, 2.45) is 0 Å². The average Bonchev–Trinajstić information content (AvgIpc) is 2.78. The van der Waals surface area contributed by atoms with Gasteiger partial charge in [0.15, 0.2) is 0 Å². The number of likely N-dealkylation sites (N-methyl/N-ethyl adjacent to an activating group) is 1. The van der Waals surface area contributed by atoms with Crippen LogP contribution < -0.4 is 5.32 Å². The lowest BCUT2D eigenvalue weighted by atomic mass is 10.0. The summed E-state index contributed by atoms with van der Waals surface area (Å²) in [6, 6.07) is 0. The molecule has 1 fully saturated rings. The van der Waals surface area contributed by atoms with E-state index < -0.39 is 5.60 Å². The molecule has 0 spiro atoms. The van der Waals surface area contributed by atoms with E-state index in [4.69, 9.17) is 0 Å². The quantitative estimate of drug-likeness (QED) is 0.818. The molecule has 0 aromatic carbocycles. The Morgan fingerprint density at radius 1 is 1.32 bits per heavy atom. The molecule has 0 aliphatic heterocycles. The first-order valence-corrected chi connectivity index (χ1v) is 7.07. The van der Waals surface area contributed by atoms with Gasteiger partial charge in [0.2, 0.25) is 0 Å². The molecular weight excluding hydrogens is 240 g/mol. The lowest BCUT2D eigenvalue weighted by Gasteiger charge is -2.28. The number of rotatable bonds is 6. The fourth-order valence-corrected chi connectivity index (χ4v) is 2.73. The Kier molecular flexibility index (Phi) is 4.71. The second kappa shape index (κ2) is 6.30. The number of nitrogens with one attached hydrogen (secondary N) is 1. The smallest absolute Gasteiger partial charge is 0.144 e. The van der Waals surface area contributed by atoms with E-state index in [1.807, 2.05) is 14.0 Å². The summed E-state index contributed by atoms with van der Waals surface area (Å²) in [5, 5.41) is 13.5. The predicted octanol–water partition coefficient (Wildman–Crippen LogP) is 1.65. The third kappa shape index (κ3) is 4.14. The summed E-state index contributed by atoms with van der Waals surface area (Å²) in [5.41, 5.74) is 0.442. The summed E-state index contributed by atoms with van der Waals surface area (Å²) in [6.45, 7) is 4.32. The van der Waals surface area contributed by atoms with Crippen molar-refractivity contribution in [3.05, 3.63) is 18.1 Å². The molecule has 106 valence electrons. The zero-order valence-corrected chi connectivity index (χ0v) is 11.9. The van der Waals surface area contributed by atoms with E-state index in [1.54, 1.807) is 12.4 Å². The molecule has 5 nitrogen and oxygen atoms in total. The molecule has 0 saturated heterocycles. The van der Waals surface area contributed by atoms with Crippen LogP contribution in [-0.2, 0) is 6.54 Å². The first-order valence-electron chi connectivity index (χ1n) is 7.07. The van der Waals surface area contributed by atoms with Gasteiger partial charge < -0.3 is 10.4 Å². The average molecular weight is 264 g/mol. The zero-order chi connectivity index (χ0) is 13.7. The number of hydrogen-bond acceptors (Lipinski definition) is 5. The minimum Gasteiger partial charge on any atom is -0.389 e. The Morgan fingerprint density at radius 2 is 2.05 bits per heavy atom. The van der Waals surface area contributed by atoms with Crippen LogP contribution in [0.15, 0.2) is 12.4 Å². The lowest BCUT2D eigenvalue weighted by Crippen LogP contribution is -2.38. The highest BCUT2D eigenvalue weighted by Crippen LogP contribution is 2.30. The van der Waals surface area contributed by atoms with Gasteiger partial charge in [-0.25, -0.2) is 4.98 Å². The zero-order valence-electron chi connectivity index (χ0n) is 11.9. The minimum atomic E-state index is -0.494. The van der Waals surface area contributed by atoms with Gasteiger partial charge in [-0.3, -0.25) is 9.88 Å². The van der Waals surface area contributed by atoms with E-state index in [9.17, 15) is 5.11 Å². The van der Waals surface area contributed by atoms with Crippen LogP contribution in [0.5, 0.6) is 0 Å². The highest BCUT2D eigenvalue weighted by molar-refractivity contribution is 5.30. The Hall–Kier alpha value is -1.20. The monoisotopic (exact) mass is 264 g/mol. The molecule has 2 N–H and O–H groups in total. The largest absolute Gasteiger partial charge is 0.389 e. The lowest BCUT2D eigenvalue weighted by molar-refractivity contribution is 0.0142. The molecule has 1 heterocycles. The fourth-order valence-electron chi connectivity index (χ4n) is 2.73. The van der Waals surface area contributed by atoms with Crippen molar-refractivity contribution in [2.45, 2.75) is 44.8 Å². The highest BCUT2D eigenvalue weighted by Gasteiger charge is 2.32. The van der Waals surface area contributed by atoms with Gasteiger partial charge in [0.05, 0.1) is 23.7 Å². The van der Waals surface area contributed by atoms with Crippen LogP contribution >= 0.6 is 0 Å². The molecule has 0 atom stereocenters. The Labute approximate surface area is 115 Å². The summed E-state index contributed by atoms with van der Waals surface area (Å²) in [7, 11) is 2.02.